The highest BCUT2D eigenvalue weighted by atomic mass is 127. The van der Waals surface area contributed by atoms with Crippen molar-refractivity contribution in [2.75, 3.05) is 10.2 Å². The molecular formula is C26H20ClIN2O4. The van der Waals surface area contributed by atoms with Crippen LogP contribution in [0.25, 0.3) is 0 Å². The van der Waals surface area contributed by atoms with Gasteiger partial charge in [0.25, 0.3) is 11.8 Å². The quantitative estimate of drug-likeness (QED) is 0.175. The standard InChI is InChI=1S/C26H20ClIN2O4/c1-14-4-5-15(2)21(12-14)34-26(33)17-6-9-19(10-7-17)29-23-22(27)24(31)30(25(23)32)20-11-8-18(28)13-16(20)3/h4-13,29H,1-3H3. The number of carbonyl (C=O) groups excluding carboxylic acids is 3. The number of nitrogens with zero attached hydrogens (tertiary/aromatic N) is 1. The summed E-state index contributed by atoms with van der Waals surface area (Å²) >= 11 is 8.40. The molecule has 1 aliphatic heterocycles. The molecule has 0 saturated carbocycles. The van der Waals surface area contributed by atoms with Gasteiger partial charge in [0.1, 0.15) is 16.5 Å². The Kier molecular flexibility index (Phi) is 6.77. The smallest absolute Gasteiger partial charge is 0.343 e. The van der Waals surface area contributed by atoms with E-state index >= 15 is 0 Å². The first kappa shape index (κ1) is 24.0. The second-order valence-corrected chi connectivity index (χ2v) is 9.55. The molecule has 0 spiro atoms. The number of benzene rings is 3. The predicted octanol–water partition coefficient (Wildman–Crippen LogP) is 5.87. The Balaban J connectivity index is 1.50. The highest BCUT2D eigenvalue weighted by Gasteiger charge is 2.39. The molecule has 0 saturated heterocycles. The molecule has 0 aliphatic carbocycles. The maximum Gasteiger partial charge on any atom is 0.343 e. The van der Waals surface area contributed by atoms with Gasteiger partial charge in [-0.25, -0.2) is 9.69 Å². The minimum atomic E-state index is -0.591. The molecule has 2 amide bonds. The second kappa shape index (κ2) is 9.60. The lowest BCUT2D eigenvalue weighted by Crippen LogP contribution is -2.32. The highest BCUT2D eigenvalue weighted by Crippen LogP contribution is 2.32. The zero-order valence-electron chi connectivity index (χ0n) is 18.6. The molecule has 0 atom stereocenters. The summed E-state index contributed by atoms with van der Waals surface area (Å²) in [5.41, 5.74) is 3.94. The number of rotatable bonds is 5. The van der Waals surface area contributed by atoms with Crippen LogP contribution in [0.1, 0.15) is 27.0 Å². The Morgan fingerprint density at radius 1 is 0.912 bits per heavy atom. The van der Waals surface area contributed by atoms with Crippen LogP contribution in [-0.4, -0.2) is 17.8 Å². The fraction of sp³-hybridized carbons (Fsp3) is 0.115. The lowest BCUT2D eigenvalue weighted by Gasteiger charge is -2.17. The average Bonchev–Trinajstić information content (AvgIpc) is 3.00. The van der Waals surface area contributed by atoms with Crippen LogP contribution in [0.2, 0.25) is 0 Å². The molecule has 0 fully saturated rings. The monoisotopic (exact) mass is 586 g/mol. The summed E-state index contributed by atoms with van der Waals surface area (Å²) in [6, 6.07) is 17.5. The van der Waals surface area contributed by atoms with Crippen LogP contribution in [0.5, 0.6) is 5.75 Å². The Hall–Kier alpha value is -3.17. The van der Waals surface area contributed by atoms with Gasteiger partial charge in [-0.1, -0.05) is 23.7 Å². The van der Waals surface area contributed by atoms with Crippen molar-refractivity contribution in [3.63, 3.8) is 0 Å². The van der Waals surface area contributed by atoms with Gasteiger partial charge < -0.3 is 10.1 Å². The van der Waals surface area contributed by atoms with Crippen LogP contribution in [-0.2, 0) is 9.59 Å². The largest absolute Gasteiger partial charge is 0.423 e. The van der Waals surface area contributed by atoms with Crippen molar-refractivity contribution in [3.8, 4) is 5.75 Å². The molecule has 1 aliphatic rings. The van der Waals surface area contributed by atoms with Gasteiger partial charge >= 0.3 is 5.97 Å². The molecule has 0 aromatic heterocycles. The van der Waals surface area contributed by atoms with Crippen molar-refractivity contribution in [2.24, 2.45) is 0 Å². The molecule has 8 heteroatoms. The minimum absolute atomic E-state index is 0.0182. The van der Waals surface area contributed by atoms with Crippen LogP contribution in [0.3, 0.4) is 0 Å². The maximum atomic E-state index is 13.0. The van der Waals surface area contributed by atoms with Gasteiger partial charge in [-0.2, -0.15) is 0 Å². The fourth-order valence-electron chi connectivity index (χ4n) is 3.51. The SMILES string of the molecule is Cc1ccc(C)c(OC(=O)c2ccc(NC3=C(Cl)C(=O)N(c4ccc(I)cc4C)C3=O)cc2)c1. The highest BCUT2D eigenvalue weighted by molar-refractivity contribution is 14.1. The predicted molar refractivity (Wildman–Crippen MR) is 140 cm³/mol. The van der Waals surface area contributed by atoms with Gasteiger partial charge in [0.2, 0.25) is 0 Å². The number of hydrogen-bond acceptors (Lipinski definition) is 5. The average molecular weight is 587 g/mol. The Bertz CT molecular complexity index is 1370. The number of nitrogens with one attached hydrogen (secondary N) is 1. The van der Waals surface area contributed by atoms with Crippen LogP contribution >= 0.6 is 34.2 Å². The first-order valence-electron chi connectivity index (χ1n) is 10.4. The molecule has 34 heavy (non-hydrogen) atoms. The molecule has 6 nitrogen and oxygen atoms in total. The first-order valence-corrected chi connectivity index (χ1v) is 11.8. The molecule has 4 rings (SSSR count). The Morgan fingerprint density at radius 2 is 1.62 bits per heavy atom. The molecule has 1 N–H and O–H groups in total. The van der Waals surface area contributed by atoms with Crippen molar-refractivity contribution in [1.82, 2.24) is 0 Å². The normalized spacial score (nSPS) is 13.5. The minimum Gasteiger partial charge on any atom is -0.423 e. The van der Waals surface area contributed by atoms with E-state index < -0.39 is 17.8 Å². The number of ether oxygens (including phenoxy) is 1. The summed E-state index contributed by atoms with van der Waals surface area (Å²) in [5.74, 6) is -1.12. The van der Waals surface area contributed by atoms with Crippen LogP contribution < -0.4 is 15.0 Å². The number of aryl methyl sites for hydroxylation is 3. The zero-order chi connectivity index (χ0) is 24.6. The molecule has 0 bridgehead atoms. The van der Waals surface area contributed by atoms with Gasteiger partial charge in [-0.05, 0) is 109 Å². The van der Waals surface area contributed by atoms with E-state index in [0.717, 1.165) is 25.2 Å². The van der Waals surface area contributed by atoms with Gasteiger partial charge in [0, 0.05) is 9.26 Å². The number of imide groups is 1. The summed E-state index contributed by atoms with van der Waals surface area (Å²) in [6.07, 6.45) is 0. The summed E-state index contributed by atoms with van der Waals surface area (Å²) < 4.78 is 6.51. The van der Waals surface area contributed by atoms with Gasteiger partial charge in [-0.15, -0.1) is 0 Å². The van der Waals surface area contributed by atoms with Crippen molar-refractivity contribution in [1.29, 1.82) is 0 Å². The van der Waals surface area contributed by atoms with E-state index in [1.165, 1.54) is 0 Å². The lowest BCUT2D eigenvalue weighted by atomic mass is 10.1. The Labute approximate surface area is 215 Å². The summed E-state index contributed by atoms with van der Waals surface area (Å²) in [4.78, 5) is 39.4. The molecular weight excluding hydrogens is 567 g/mol. The number of carbonyl (C=O) groups is 3. The molecule has 0 unspecified atom stereocenters. The van der Waals surface area contributed by atoms with Crippen LogP contribution in [0, 0.1) is 24.3 Å². The number of esters is 1. The molecule has 3 aromatic carbocycles. The van der Waals surface area contributed by atoms with E-state index in [-0.39, 0.29) is 10.7 Å². The maximum absolute atomic E-state index is 13.0. The van der Waals surface area contributed by atoms with E-state index in [1.807, 2.05) is 45.0 Å². The van der Waals surface area contributed by atoms with Gasteiger partial charge in [0.15, 0.2) is 0 Å². The summed E-state index contributed by atoms with van der Waals surface area (Å²) in [6.45, 7) is 5.62. The van der Waals surface area contributed by atoms with Gasteiger partial charge in [0.05, 0.1) is 11.3 Å². The fourth-order valence-corrected chi connectivity index (χ4v) is 4.37. The van der Waals surface area contributed by atoms with Crippen molar-refractivity contribution in [3.05, 3.63) is 97.2 Å². The Morgan fingerprint density at radius 3 is 2.29 bits per heavy atom. The third-order valence-electron chi connectivity index (χ3n) is 5.36. The number of halogens is 2. The van der Waals surface area contributed by atoms with Crippen molar-refractivity contribution in [2.45, 2.75) is 20.8 Å². The summed E-state index contributed by atoms with van der Waals surface area (Å²) in [5, 5.41) is 2.72. The second-order valence-electron chi connectivity index (χ2n) is 7.93. The van der Waals surface area contributed by atoms with E-state index in [2.05, 4.69) is 27.9 Å². The van der Waals surface area contributed by atoms with Gasteiger partial charge in [-0.3, -0.25) is 9.59 Å². The topological polar surface area (TPSA) is 75.7 Å². The number of hydrogen-bond donors (Lipinski definition) is 1. The number of anilines is 2. The molecule has 1 heterocycles. The third kappa shape index (κ3) is 4.71. The van der Waals surface area contributed by atoms with E-state index in [0.29, 0.717) is 22.7 Å². The molecule has 172 valence electrons. The van der Waals surface area contributed by atoms with E-state index in [1.54, 1.807) is 36.4 Å². The van der Waals surface area contributed by atoms with E-state index in [4.69, 9.17) is 16.3 Å². The summed E-state index contributed by atoms with van der Waals surface area (Å²) in [7, 11) is 0. The first-order chi connectivity index (χ1) is 16.2. The lowest BCUT2D eigenvalue weighted by molar-refractivity contribution is -0.120. The zero-order valence-corrected chi connectivity index (χ0v) is 21.5. The molecule has 0 radical (unpaired) electrons. The van der Waals surface area contributed by atoms with Crippen molar-refractivity contribution < 1.29 is 19.1 Å². The van der Waals surface area contributed by atoms with Crippen molar-refractivity contribution >= 4 is 63.4 Å². The van der Waals surface area contributed by atoms with Crippen LogP contribution in [0.4, 0.5) is 11.4 Å². The van der Waals surface area contributed by atoms with E-state index in [9.17, 15) is 14.4 Å². The third-order valence-corrected chi connectivity index (χ3v) is 6.38. The number of amides is 2. The molecule has 3 aromatic rings. The van der Waals surface area contributed by atoms with Crippen LogP contribution in [0.15, 0.2) is 71.4 Å².